The van der Waals surface area contributed by atoms with Crippen LogP contribution in [0, 0.1) is 23.2 Å². The third-order valence-corrected chi connectivity index (χ3v) is 7.37. The molecule has 0 amide bonds. The molecule has 3 aliphatic rings. The minimum Gasteiger partial charge on any atom is -0.478 e. The van der Waals surface area contributed by atoms with E-state index >= 15 is 0 Å². The molecule has 3 fully saturated rings. The first-order valence-electron chi connectivity index (χ1n) is 13.0. The predicted octanol–water partition coefficient (Wildman–Crippen LogP) is 3.29. The highest BCUT2D eigenvalue weighted by atomic mass is 16.4. The van der Waals surface area contributed by atoms with Gasteiger partial charge in [-0.25, -0.2) is 19.2 Å². The smallest absolute Gasteiger partial charge is 0.328 e. The summed E-state index contributed by atoms with van der Waals surface area (Å²) in [7, 11) is 0. The summed E-state index contributed by atoms with van der Waals surface area (Å²) in [6.07, 6.45) is 9.78. The van der Waals surface area contributed by atoms with Crippen molar-refractivity contribution in [2.75, 3.05) is 32.7 Å². The molecule has 2 aliphatic heterocycles. The van der Waals surface area contributed by atoms with Crippen LogP contribution in [0.2, 0.25) is 0 Å². The van der Waals surface area contributed by atoms with Crippen LogP contribution in [0.25, 0.3) is 0 Å². The lowest BCUT2D eigenvalue weighted by Crippen LogP contribution is -2.64. The average molecular weight is 525 g/mol. The van der Waals surface area contributed by atoms with Gasteiger partial charge in [0.1, 0.15) is 0 Å². The maximum atomic E-state index is 9.55. The van der Waals surface area contributed by atoms with Crippen molar-refractivity contribution in [1.82, 2.24) is 9.80 Å². The molecule has 3 rings (SSSR count). The van der Waals surface area contributed by atoms with Gasteiger partial charge in [-0.15, -0.1) is 0 Å². The molecule has 210 valence electrons. The first-order chi connectivity index (χ1) is 17.3. The summed E-state index contributed by atoms with van der Waals surface area (Å²) < 4.78 is 0. The van der Waals surface area contributed by atoms with E-state index in [4.69, 9.17) is 20.4 Å². The van der Waals surface area contributed by atoms with Crippen molar-refractivity contribution in [3.8, 4) is 0 Å². The van der Waals surface area contributed by atoms with Crippen LogP contribution in [0.4, 0.5) is 0 Å². The van der Waals surface area contributed by atoms with Gasteiger partial charge in [0, 0.05) is 63.1 Å². The number of rotatable bonds is 7. The van der Waals surface area contributed by atoms with E-state index < -0.39 is 23.9 Å². The minimum atomic E-state index is -1.26. The molecule has 1 saturated carbocycles. The van der Waals surface area contributed by atoms with Gasteiger partial charge < -0.3 is 30.2 Å². The summed E-state index contributed by atoms with van der Waals surface area (Å²) in [6, 6.07) is 0.729. The summed E-state index contributed by atoms with van der Waals surface area (Å²) >= 11 is 0. The molecule has 4 N–H and O–H groups in total. The molecule has 0 aromatic heterocycles. The lowest BCUT2D eigenvalue weighted by molar-refractivity contribution is -0.134. The Morgan fingerprint density at radius 2 is 1.08 bits per heavy atom. The Bertz CT molecular complexity index is 746. The number of nitrogens with zero attached hydrogens (tertiary/aromatic N) is 2. The van der Waals surface area contributed by atoms with Crippen molar-refractivity contribution >= 4 is 23.9 Å². The Morgan fingerprint density at radius 3 is 1.38 bits per heavy atom. The first kappa shape index (κ1) is 32.3. The van der Waals surface area contributed by atoms with Crippen LogP contribution in [0.3, 0.4) is 0 Å². The third-order valence-electron chi connectivity index (χ3n) is 7.37. The average Bonchev–Trinajstić information content (AvgIpc) is 2.78. The molecule has 37 heavy (non-hydrogen) atoms. The van der Waals surface area contributed by atoms with E-state index in [0.717, 1.165) is 29.2 Å². The molecule has 2 unspecified atom stereocenters. The normalized spacial score (nSPS) is 23.4. The van der Waals surface area contributed by atoms with Crippen LogP contribution >= 0.6 is 0 Å². The number of piperidine rings is 2. The van der Waals surface area contributed by atoms with Gasteiger partial charge in [-0.1, -0.05) is 33.1 Å². The van der Waals surface area contributed by atoms with E-state index in [-0.39, 0.29) is 0 Å². The standard InChI is InChI=1S/C19H36N2.2C4H4O4/c1-15(2)10-20-11-17-13-21(16(3)4)14-18(12-20)19(17)8-6-5-7-9-19;2*5-3(6)1-2-4(7)8/h15-18H,5-14H2,1-4H3;2*1-2H,(H,5,6)(H,7,8)/b;2*2-1+. The van der Waals surface area contributed by atoms with E-state index in [1.54, 1.807) is 0 Å². The maximum Gasteiger partial charge on any atom is 0.328 e. The minimum absolute atomic E-state index is 0.558. The van der Waals surface area contributed by atoms with Crippen molar-refractivity contribution in [2.24, 2.45) is 23.2 Å². The molecule has 2 bridgehead atoms. The predicted molar refractivity (Wildman–Crippen MR) is 139 cm³/mol. The van der Waals surface area contributed by atoms with Gasteiger partial charge in [-0.05, 0) is 49.9 Å². The molecule has 0 radical (unpaired) electrons. The third kappa shape index (κ3) is 11.5. The van der Waals surface area contributed by atoms with E-state index in [2.05, 4.69) is 37.5 Å². The Balaban J connectivity index is 0.000000355. The topological polar surface area (TPSA) is 156 Å². The highest BCUT2D eigenvalue weighted by Crippen LogP contribution is 2.54. The van der Waals surface area contributed by atoms with Gasteiger partial charge in [0.25, 0.3) is 0 Å². The monoisotopic (exact) mass is 524 g/mol. The fraction of sp³-hybridized carbons (Fsp3) is 0.704. The van der Waals surface area contributed by atoms with Gasteiger partial charge in [0.2, 0.25) is 0 Å². The van der Waals surface area contributed by atoms with E-state index in [1.807, 2.05) is 0 Å². The van der Waals surface area contributed by atoms with Crippen LogP contribution < -0.4 is 0 Å². The van der Waals surface area contributed by atoms with E-state index in [9.17, 15) is 19.2 Å². The van der Waals surface area contributed by atoms with Crippen LogP contribution in [0.5, 0.6) is 0 Å². The second-order valence-corrected chi connectivity index (χ2v) is 10.9. The summed E-state index contributed by atoms with van der Waals surface area (Å²) in [5.41, 5.74) is 0.719. The van der Waals surface area contributed by atoms with Crippen LogP contribution in [0.1, 0.15) is 59.8 Å². The number of carboxylic acids is 4. The first-order valence-corrected chi connectivity index (χ1v) is 13.0. The number of carboxylic acid groups (broad SMARTS) is 4. The van der Waals surface area contributed by atoms with Crippen molar-refractivity contribution in [3.63, 3.8) is 0 Å². The molecule has 0 aromatic rings. The highest BCUT2D eigenvalue weighted by molar-refractivity contribution is 5.90. The summed E-state index contributed by atoms with van der Waals surface area (Å²) in [5.74, 6) is -2.34. The van der Waals surface area contributed by atoms with Crippen LogP contribution in [-0.4, -0.2) is 92.9 Å². The summed E-state index contributed by atoms with van der Waals surface area (Å²) in [6.45, 7) is 16.3. The molecule has 2 saturated heterocycles. The van der Waals surface area contributed by atoms with Gasteiger partial charge in [-0.2, -0.15) is 0 Å². The number of carbonyl (C=O) groups is 4. The number of likely N-dealkylation sites (tertiary alicyclic amines) is 2. The fourth-order valence-electron chi connectivity index (χ4n) is 5.91. The molecule has 2 atom stereocenters. The zero-order valence-electron chi connectivity index (χ0n) is 22.5. The Kier molecular flexibility index (Phi) is 13.5. The quantitative estimate of drug-likeness (QED) is 0.365. The van der Waals surface area contributed by atoms with E-state index in [1.165, 1.54) is 64.8 Å². The largest absolute Gasteiger partial charge is 0.478 e. The molecular weight excluding hydrogens is 480 g/mol. The SMILES string of the molecule is CC(C)CN1CC2CN(C(C)C)CC(C1)C21CCCCC1.O=C(O)/C=C/C(=O)O.O=C(O)/C=C/C(=O)O. The van der Waals surface area contributed by atoms with Crippen molar-refractivity contribution < 1.29 is 39.6 Å². The van der Waals surface area contributed by atoms with Gasteiger partial charge >= 0.3 is 23.9 Å². The van der Waals surface area contributed by atoms with Gasteiger partial charge in [-0.3, -0.25) is 0 Å². The molecule has 2 heterocycles. The van der Waals surface area contributed by atoms with Crippen LogP contribution in [-0.2, 0) is 19.2 Å². The maximum absolute atomic E-state index is 9.55. The number of hydrogen-bond acceptors (Lipinski definition) is 6. The zero-order chi connectivity index (χ0) is 28.2. The molecule has 10 nitrogen and oxygen atoms in total. The number of hydrogen-bond donors (Lipinski definition) is 4. The Morgan fingerprint density at radius 1 is 0.703 bits per heavy atom. The highest BCUT2D eigenvalue weighted by Gasteiger charge is 2.53. The molecule has 1 aliphatic carbocycles. The zero-order valence-corrected chi connectivity index (χ0v) is 22.5. The van der Waals surface area contributed by atoms with E-state index in [0.29, 0.717) is 24.3 Å². The second-order valence-electron chi connectivity index (χ2n) is 10.9. The Labute approximate surface area is 219 Å². The molecular formula is C27H44N2O8. The summed E-state index contributed by atoms with van der Waals surface area (Å²) in [4.78, 5) is 43.8. The lowest BCUT2D eigenvalue weighted by Gasteiger charge is -2.61. The molecule has 0 aromatic carbocycles. The van der Waals surface area contributed by atoms with Crippen molar-refractivity contribution in [1.29, 1.82) is 0 Å². The Hall–Kier alpha value is -2.72. The molecule has 1 spiro atoms. The van der Waals surface area contributed by atoms with Crippen molar-refractivity contribution in [3.05, 3.63) is 24.3 Å². The summed E-state index contributed by atoms with van der Waals surface area (Å²) in [5, 5.41) is 31.2. The van der Waals surface area contributed by atoms with Crippen LogP contribution in [0.15, 0.2) is 24.3 Å². The fourth-order valence-corrected chi connectivity index (χ4v) is 5.91. The number of aliphatic carboxylic acids is 4. The van der Waals surface area contributed by atoms with Gasteiger partial charge in [0.05, 0.1) is 0 Å². The van der Waals surface area contributed by atoms with Crippen molar-refractivity contribution in [2.45, 2.75) is 65.8 Å². The van der Waals surface area contributed by atoms with Gasteiger partial charge in [0.15, 0.2) is 0 Å². The lowest BCUT2D eigenvalue weighted by atomic mass is 9.55. The molecule has 10 heteroatoms. The second kappa shape index (κ2) is 15.5.